The summed E-state index contributed by atoms with van der Waals surface area (Å²) in [5.74, 6) is -1.06. The summed E-state index contributed by atoms with van der Waals surface area (Å²) in [5.41, 5.74) is 0.289. The Bertz CT molecular complexity index is 818. The summed E-state index contributed by atoms with van der Waals surface area (Å²) in [4.78, 5) is 37.7. The van der Waals surface area contributed by atoms with Crippen LogP contribution in [0, 0.1) is 5.41 Å². The van der Waals surface area contributed by atoms with Gasteiger partial charge in [0, 0.05) is 0 Å². The lowest BCUT2D eigenvalue weighted by Gasteiger charge is -2.27. The maximum atomic E-state index is 13.1. The maximum Gasteiger partial charge on any atom is 0.408 e. The molecule has 0 aliphatic rings. The van der Waals surface area contributed by atoms with E-state index in [0.717, 1.165) is 11.1 Å². The Hall–Kier alpha value is -3.15. The van der Waals surface area contributed by atoms with Gasteiger partial charge in [-0.15, -0.1) is 0 Å². The third-order valence-electron chi connectivity index (χ3n) is 4.51. The first-order chi connectivity index (χ1) is 13.8. The molecule has 0 aromatic heterocycles. The Morgan fingerprint density at radius 1 is 0.897 bits per heavy atom. The van der Waals surface area contributed by atoms with Crippen molar-refractivity contribution in [2.75, 3.05) is 6.61 Å². The lowest BCUT2D eigenvalue weighted by Crippen LogP contribution is -2.50. The summed E-state index contributed by atoms with van der Waals surface area (Å²) in [5, 5.41) is 2.62. The van der Waals surface area contributed by atoms with E-state index in [-0.39, 0.29) is 19.6 Å². The van der Waals surface area contributed by atoms with Gasteiger partial charge in [-0.05, 0) is 38.3 Å². The number of hydrogen-bond donors (Lipinski definition) is 1. The fourth-order valence-corrected chi connectivity index (χ4v) is 2.81. The topological polar surface area (TPSA) is 81.7 Å². The van der Waals surface area contributed by atoms with Crippen molar-refractivity contribution < 1.29 is 23.9 Å². The van der Waals surface area contributed by atoms with Crippen molar-refractivity contribution in [3.05, 3.63) is 71.8 Å². The molecule has 6 heteroatoms. The number of hydrogen-bond acceptors (Lipinski definition) is 5. The molecule has 0 unspecified atom stereocenters. The van der Waals surface area contributed by atoms with Crippen LogP contribution in [0.25, 0.3) is 0 Å². The number of carbonyl (C=O) groups is 3. The van der Waals surface area contributed by atoms with Crippen LogP contribution < -0.4 is 5.32 Å². The zero-order valence-corrected chi connectivity index (χ0v) is 17.0. The lowest BCUT2D eigenvalue weighted by atomic mass is 9.82. The maximum absolute atomic E-state index is 13.1. The van der Waals surface area contributed by atoms with Crippen LogP contribution >= 0.6 is 0 Å². The standard InChI is InChI=1S/C23H27NO5/c1-4-28-21(26)23(2,3)20(25)19(15-17-11-7-5-8-12-17)24-22(27)29-16-18-13-9-6-10-14-18/h5-14,19H,4,15-16H2,1-3H3,(H,24,27)/t19-/m0/s1. The predicted molar refractivity (Wildman–Crippen MR) is 109 cm³/mol. The average Bonchev–Trinajstić information content (AvgIpc) is 2.73. The first-order valence-electron chi connectivity index (χ1n) is 9.57. The van der Waals surface area contributed by atoms with Gasteiger partial charge in [-0.2, -0.15) is 0 Å². The molecule has 0 bridgehead atoms. The molecule has 1 amide bonds. The van der Waals surface area contributed by atoms with E-state index in [1.807, 2.05) is 60.7 Å². The Labute approximate surface area is 171 Å². The van der Waals surface area contributed by atoms with E-state index in [9.17, 15) is 14.4 Å². The van der Waals surface area contributed by atoms with E-state index in [2.05, 4.69) is 5.32 Å². The fraction of sp³-hybridized carbons (Fsp3) is 0.348. The van der Waals surface area contributed by atoms with Crippen LogP contribution in [0.1, 0.15) is 31.9 Å². The highest BCUT2D eigenvalue weighted by Crippen LogP contribution is 2.22. The van der Waals surface area contributed by atoms with Gasteiger partial charge in [0.05, 0.1) is 12.6 Å². The second-order valence-electron chi connectivity index (χ2n) is 7.16. The minimum Gasteiger partial charge on any atom is -0.465 e. The van der Waals surface area contributed by atoms with Crippen LogP contribution in [0.15, 0.2) is 60.7 Å². The molecule has 0 heterocycles. The molecule has 0 aliphatic heterocycles. The third kappa shape index (κ3) is 6.45. The average molecular weight is 397 g/mol. The predicted octanol–water partition coefficient (Wildman–Crippen LogP) is 3.68. The Balaban J connectivity index is 2.12. The number of alkyl carbamates (subject to hydrolysis) is 1. The number of ketones is 1. The zero-order chi connectivity index (χ0) is 21.3. The van der Waals surface area contributed by atoms with Gasteiger partial charge in [0.1, 0.15) is 12.0 Å². The van der Waals surface area contributed by atoms with Crippen LogP contribution in [0.4, 0.5) is 4.79 Å². The van der Waals surface area contributed by atoms with Crippen LogP contribution in [0.2, 0.25) is 0 Å². The van der Waals surface area contributed by atoms with Gasteiger partial charge in [0.25, 0.3) is 0 Å². The molecule has 1 N–H and O–H groups in total. The highest BCUT2D eigenvalue weighted by Gasteiger charge is 2.42. The van der Waals surface area contributed by atoms with Crippen molar-refractivity contribution in [3.63, 3.8) is 0 Å². The SMILES string of the molecule is CCOC(=O)C(C)(C)C(=O)[C@H](Cc1ccccc1)NC(=O)OCc1ccccc1. The van der Waals surface area contributed by atoms with Gasteiger partial charge < -0.3 is 14.8 Å². The number of Topliss-reactive ketones (excluding diaryl/α,β-unsaturated/α-hetero) is 1. The molecule has 2 rings (SSSR count). The van der Waals surface area contributed by atoms with Gasteiger partial charge in [-0.25, -0.2) is 4.79 Å². The van der Waals surface area contributed by atoms with Gasteiger partial charge in [0.2, 0.25) is 0 Å². The highest BCUT2D eigenvalue weighted by molar-refractivity contribution is 6.06. The summed E-state index contributed by atoms with van der Waals surface area (Å²) < 4.78 is 10.3. The summed E-state index contributed by atoms with van der Waals surface area (Å²) in [6, 6.07) is 17.6. The smallest absolute Gasteiger partial charge is 0.408 e. The first-order valence-corrected chi connectivity index (χ1v) is 9.57. The van der Waals surface area contributed by atoms with Crippen molar-refractivity contribution in [1.29, 1.82) is 0 Å². The molecule has 2 aromatic carbocycles. The Kier molecular flexibility index (Phi) is 7.95. The van der Waals surface area contributed by atoms with Crippen LogP contribution in [0.3, 0.4) is 0 Å². The third-order valence-corrected chi connectivity index (χ3v) is 4.51. The molecule has 0 aliphatic carbocycles. The monoisotopic (exact) mass is 397 g/mol. The largest absolute Gasteiger partial charge is 0.465 e. The van der Waals surface area contributed by atoms with Crippen LogP contribution in [0.5, 0.6) is 0 Å². The Morgan fingerprint density at radius 3 is 2.00 bits per heavy atom. The van der Waals surface area contributed by atoms with Crippen LogP contribution in [-0.4, -0.2) is 30.5 Å². The molecular formula is C23H27NO5. The number of amides is 1. The molecule has 154 valence electrons. The Morgan fingerprint density at radius 2 is 1.45 bits per heavy atom. The van der Waals surface area contributed by atoms with Gasteiger partial charge >= 0.3 is 12.1 Å². The van der Waals surface area contributed by atoms with Gasteiger partial charge in [-0.3, -0.25) is 9.59 Å². The molecule has 6 nitrogen and oxygen atoms in total. The number of carbonyl (C=O) groups excluding carboxylic acids is 3. The summed E-state index contributed by atoms with van der Waals surface area (Å²) >= 11 is 0. The van der Waals surface area contributed by atoms with Crippen molar-refractivity contribution in [1.82, 2.24) is 5.32 Å². The fourth-order valence-electron chi connectivity index (χ4n) is 2.81. The quantitative estimate of drug-likeness (QED) is 0.516. The van der Waals surface area contributed by atoms with Crippen molar-refractivity contribution >= 4 is 17.8 Å². The second kappa shape index (κ2) is 10.4. The second-order valence-corrected chi connectivity index (χ2v) is 7.16. The van der Waals surface area contributed by atoms with Gasteiger partial charge in [-0.1, -0.05) is 60.7 Å². The number of esters is 1. The van der Waals surface area contributed by atoms with Crippen molar-refractivity contribution in [2.24, 2.45) is 5.41 Å². The number of ether oxygens (including phenoxy) is 2. The van der Waals surface area contributed by atoms with Crippen LogP contribution in [-0.2, 0) is 32.1 Å². The van der Waals surface area contributed by atoms with Gasteiger partial charge in [0.15, 0.2) is 5.78 Å². The highest BCUT2D eigenvalue weighted by atomic mass is 16.5. The molecule has 2 aromatic rings. The molecule has 0 fully saturated rings. The molecule has 1 atom stereocenters. The van der Waals surface area contributed by atoms with Crippen molar-refractivity contribution in [2.45, 2.75) is 39.8 Å². The van der Waals surface area contributed by atoms with Crippen molar-refractivity contribution in [3.8, 4) is 0 Å². The first kappa shape index (κ1) is 22.1. The molecule has 0 saturated heterocycles. The zero-order valence-electron chi connectivity index (χ0n) is 17.0. The van der Waals surface area contributed by atoms with E-state index in [4.69, 9.17) is 9.47 Å². The summed E-state index contributed by atoms with van der Waals surface area (Å²) in [6.07, 6.45) is -0.481. The lowest BCUT2D eigenvalue weighted by molar-refractivity contribution is -0.158. The molecule has 0 saturated carbocycles. The van der Waals surface area contributed by atoms with E-state index < -0.39 is 29.3 Å². The summed E-state index contributed by atoms with van der Waals surface area (Å²) in [6.45, 7) is 4.94. The van der Waals surface area contributed by atoms with E-state index in [0.29, 0.717) is 0 Å². The van der Waals surface area contributed by atoms with E-state index >= 15 is 0 Å². The molecule has 0 radical (unpaired) electrons. The van der Waals surface area contributed by atoms with E-state index in [1.54, 1.807) is 6.92 Å². The minimum atomic E-state index is -1.40. The van der Waals surface area contributed by atoms with E-state index in [1.165, 1.54) is 13.8 Å². The molecule has 29 heavy (non-hydrogen) atoms. The minimum absolute atomic E-state index is 0.0835. The molecular weight excluding hydrogens is 370 g/mol. The number of nitrogens with one attached hydrogen (secondary N) is 1. The summed E-state index contributed by atoms with van der Waals surface area (Å²) in [7, 11) is 0. The molecule has 0 spiro atoms. The normalized spacial score (nSPS) is 12.0. The number of benzene rings is 2. The number of rotatable bonds is 9.